The lowest BCUT2D eigenvalue weighted by Gasteiger charge is -2.10. The van der Waals surface area contributed by atoms with Crippen LogP contribution in [0.1, 0.15) is 85.1 Å². The summed E-state index contributed by atoms with van der Waals surface area (Å²) in [5.74, 6) is -1.04. The summed E-state index contributed by atoms with van der Waals surface area (Å²) in [7, 11) is 0. The highest BCUT2D eigenvalue weighted by Crippen LogP contribution is 2.17. The number of ether oxygens (including phenoxy) is 1. The summed E-state index contributed by atoms with van der Waals surface area (Å²) in [6.45, 7) is 5.88. The van der Waals surface area contributed by atoms with Gasteiger partial charge in [-0.3, -0.25) is 4.79 Å². The minimum atomic E-state index is -1.13. The zero-order valence-electron chi connectivity index (χ0n) is 16.1. The van der Waals surface area contributed by atoms with Gasteiger partial charge in [-0.05, 0) is 36.8 Å². The van der Waals surface area contributed by atoms with Gasteiger partial charge in [-0.25, -0.2) is 4.79 Å². The Hall–Kier alpha value is -1.88. The van der Waals surface area contributed by atoms with Crippen LogP contribution in [0.15, 0.2) is 18.2 Å². The van der Waals surface area contributed by atoms with Crippen LogP contribution in [0.3, 0.4) is 0 Å². The highest BCUT2D eigenvalue weighted by Gasteiger charge is 2.17. The van der Waals surface area contributed by atoms with Crippen LogP contribution >= 0.6 is 0 Å². The van der Waals surface area contributed by atoms with Gasteiger partial charge in [-0.15, -0.1) is 0 Å². The Balaban J connectivity index is 2.21. The van der Waals surface area contributed by atoms with Crippen molar-refractivity contribution in [3.63, 3.8) is 0 Å². The Morgan fingerprint density at radius 3 is 2.35 bits per heavy atom. The first-order valence-electron chi connectivity index (χ1n) is 9.66. The number of nitrogens with two attached hydrogens (primary N) is 1. The first-order valence-corrected chi connectivity index (χ1v) is 9.66. The van der Waals surface area contributed by atoms with Gasteiger partial charge in [-0.2, -0.15) is 0 Å². The fraction of sp³-hybridized carbons (Fsp3) is 0.619. The van der Waals surface area contributed by atoms with Gasteiger partial charge in [0.1, 0.15) is 0 Å². The molecule has 1 aromatic rings. The van der Waals surface area contributed by atoms with Crippen molar-refractivity contribution in [3.8, 4) is 0 Å². The summed E-state index contributed by atoms with van der Waals surface area (Å²) < 4.78 is 5.65. The highest BCUT2D eigenvalue weighted by atomic mass is 16.5. The molecule has 1 amide bonds. The molecule has 0 fully saturated rings. The molecule has 0 aliphatic heterocycles. The van der Waals surface area contributed by atoms with E-state index in [0.717, 1.165) is 25.4 Å². The van der Waals surface area contributed by atoms with Crippen molar-refractivity contribution in [3.05, 3.63) is 34.9 Å². The number of amides is 1. The number of hydrogen-bond acceptors (Lipinski definition) is 3. The average Bonchev–Trinajstić information content (AvgIpc) is 2.58. The predicted molar refractivity (Wildman–Crippen MR) is 104 cm³/mol. The van der Waals surface area contributed by atoms with E-state index in [1.807, 2.05) is 0 Å². The lowest BCUT2D eigenvalue weighted by atomic mass is 9.97. The molecule has 0 aromatic heterocycles. The van der Waals surface area contributed by atoms with E-state index >= 15 is 0 Å². The largest absolute Gasteiger partial charge is 0.478 e. The van der Waals surface area contributed by atoms with Crippen molar-refractivity contribution in [2.75, 3.05) is 13.2 Å². The van der Waals surface area contributed by atoms with Crippen molar-refractivity contribution in [2.24, 2.45) is 11.7 Å². The molecule has 0 saturated heterocycles. The van der Waals surface area contributed by atoms with Gasteiger partial charge in [0.15, 0.2) is 0 Å². The molecule has 3 N–H and O–H groups in total. The number of aromatic carboxylic acids is 1. The minimum Gasteiger partial charge on any atom is -0.478 e. The number of rotatable bonds is 14. The summed E-state index contributed by atoms with van der Waals surface area (Å²) in [4.78, 5) is 22.8. The molecule has 1 rings (SSSR count). The topological polar surface area (TPSA) is 89.6 Å². The number of carboxylic acids is 1. The Morgan fingerprint density at radius 2 is 1.69 bits per heavy atom. The Labute approximate surface area is 156 Å². The molecule has 26 heavy (non-hydrogen) atoms. The zero-order valence-corrected chi connectivity index (χ0v) is 16.1. The number of hydrogen-bond donors (Lipinski definition) is 2. The molecule has 0 radical (unpaired) electrons. The molecule has 146 valence electrons. The van der Waals surface area contributed by atoms with Crippen molar-refractivity contribution in [1.29, 1.82) is 0 Å². The average molecular weight is 363 g/mol. The van der Waals surface area contributed by atoms with Crippen molar-refractivity contribution >= 4 is 11.9 Å². The van der Waals surface area contributed by atoms with Gasteiger partial charge in [0.05, 0.1) is 11.1 Å². The van der Waals surface area contributed by atoms with Crippen molar-refractivity contribution in [2.45, 2.75) is 65.2 Å². The van der Waals surface area contributed by atoms with Crippen LogP contribution in [-0.4, -0.2) is 30.2 Å². The number of benzene rings is 1. The van der Waals surface area contributed by atoms with Gasteiger partial charge in [0.2, 0.25) is 5.91 Å². The second-order valence-electron chi connectivity index (χ2n) is 7.18. The van der Waals surface area contributed by atoms with E-state index in [1.54, 1.807) is 12.1 Å². The van der Waals surface area contributed by atoms with Crippen molar-refractivity contribution < 1.29 is 19.4 Å². The maximum atomic E-state index is 11.6. The Kier molecular flexibility index (Phi) is 10.6. The number of carbonyl (C=O) groups is 2. The molecule has 5 heteroatoms. The molecule has 5 nitrogen and oxygen atoms in total. The van der Waals surface area contributed by atoms with Gasteiger partial charge >= 0.3 is 5.97 Å². The van der Waals surface area contributed by atoms with E-state index in [-0.39, 0.29) is 11.1 Å². The number of unbranched alkanes of at least 4 members (excludes halogenated alkanes) is 4. The molecule has 0 atom stereocenters. The van der Waals surface area contributed by atoms with Gasteiger partial charge in [-0.1, -0.05) is 58.1 Å². The molecular weight excluding hydrogens is 330 g/mol. The second kappa shape index (κ2) is 12.5. The third-order valence-electron chi connectivity index (χ3n) is 4.43. The zero-order chi connectivity index (χ0) is 19.4. The smallest absolute Gasteiger partial charge is 0.336 e. The third-order valence-corrected chi connectivity index (χ3v) is 4.43. The van der Waals surface area contributed by atoms with Gasteiger partial charge in [0, 0.05) is 13.2 Å². The molecular formula is C21H33NO4. The Morgan fingerprint density at radius 1 is 1.04 bits per heavy atom. The van der Waals surface area contributed by atoms with E-state index in [2.05, 4.69) is 13.8 Å². The summed E-state index contributed by atoms with van der Waals surface area (Å²) in [6.07, 6.45) is 8.77. The lowest BCUT2D eigenvalue weighted by molar-refractivity contribution is 0.0692. The van der Waals surface area contributed by atoms with E-state index in [1.165, 1.54) is 38.2 Å². The molecule has 0 unspecified atom stereocenters. The summed E-state index contributed by atoms with van der Waals surface area (Å²) in [5, 5.41) is 9.18. The van der Waals surface area contributed by atoms with E-state index < -0.39 is 11.9 Å². The fourth-order valence-corrected chi connectivity index (χ4v) is 3.03. The van der Waals surface area contributed by atoms with Crippen LogP contribution in [0.2, 0.25) is 0 Å². The standard InChI is InChI=1S/C21H33NO4/c1-16(2)10-6-4-3-5-7-14-26-15-9-12-17-11-8-13-18(21(24)25)19(17)20(22)23/h8,11,13,16H,3-7,9-10,12,14-15H2,1-2H3,(H2,22,23)(H,24,25). The number of carboxylic acid groups (broad SMARTS) is 1. The molecule has 1 aromatic carbocycles. The second-order valence-corrected chi connectivity index (χ2v) is 7.18. The molecule has 0 spiro atoms. The first kappa shape index (κ1) is 22.2. The van der Waals surface area contributed by atoms with Crippen LogP contribution in [0, 0.1) is 5.92 Å². The first-order chi connectivity index (χ1) is 12.4. The van der Waals surface area contributed by atoms with Crippen LogP contribution in [-0.2, 0) is 11.2 Å². The number of carbonyl (C=O) groups excluding carboxylic acids is 1. The SMILES string of the molecule is CC(C)CCCCCCCOCCCc1cccc(C(=O)O)c1C(N)=O. The molecule has 0 aliphatic carbocycles. The number of primary amides is 1. The van der Waals surface area contributed by atoms with E-state index in [4.69, 9.17) is 10.5 Å². The highest BCUT2D eigenvalue weighted by molar-refractivity contribution is 6.05. The maximum absolute atomic E-state index is 11.6. The summed E-state index contributed by atoms with van der Waals surface area (Å²) in [6, 6.07) is 4.80. The van der Waals surface area contributed by atoms with Crippen LogP contribution < -0.4 is 5.73 Å². The summed E-state index contributed by atoms with van der Waals surface area (Å²) in [5.41, 5.74) is 6.11. The minimum absolute atomic E-state index is 0.0339. The quantitative estimate of drug-likeness (QED) is 0.479. The monoisotopic (exact) mass is 363 g/mol. The van der Waals surface area contributed by atoms with Crippen LogP contribution in [0.5, 0.6) is 0 Å². The van der Waals surface area contributed by atoms with E-state index in [0.29, 0.717) is 18.6 Å². The molecule has 0 saturated carbocycles. The van der Waals surface area contributed by atoms with Crippen LogP contribution in [0.25, 0.3) is 0 Å². The third kappa shape index (κ3) is 8.48. The van der Waals surface area contributed by atoms with Gasteiger partial charge in [0.25, 0.3) is 0 Å². The molecule has 0 heterocycles. The normalized spacial score (nSPS) is 11.0. The summed E-state index contributed by atoms with van der Waals surface area (Å²) >= 11 is 0. The fourth-order valence-electron chi connectivity index (χ4n) is 3.03. The predicted octanol–water partition coefficient (Wildman–Crippen LogP) is 4.43. The van der Waals surface area contributed by atoms with Gasteiger partial charge < -0.3 is 15.6 Å². The maximum Gasteiger partial charge on any atom is 0.336 e. The number of aryl methyl sites for hydroxylation is 1. The van der Waals surface area contributed by atoms with E-state index in [9.17, 15) is 14.7 Å². The lowest BCUT2D eigenvalue weighted by Crippen LogP contribution is -2.19. The van der Waals surface area contributed by atoms with Crippen molar-refractivity contribution in [1.82, 2.24) is 0 Å². The molecule has 0 bridgehead atoms. The molecule has 0 aliphatic rings. The Bertz CT molecular complexity index is 569. The van der Waals surface area contributed by atoms with Crippen LogP contribution in [0.4, 0.5) is 0 Å².